The molecule has 0 saturated carbocycles. The molecule has 27 heavy (non-hydrogen) atoms. The van der Waals surface area contributed by atoms with Crippen LogP contribution in [0.1, 0.15) is 23.1 Å². The third kappa shape index (κ3) is 4.52. The maximum absolute atomic E-state index is 12.4. The highest BCUT2D eigenvalue weighted by Gasteiger charge is 2.14. The number of rotatable bonds is 5. The van der Waals surface area contributed by atoms with Crippen molar-refractivity contribution in [1.82, 2.24) is 4.57 Å². The fourth-order valence-electron chi connectivity index (χ4n) is 3.08. The molecule has 0 atom stereocenters. The summed E-state index contributed by atoms with van der Waals surface area (Å²) in [4.78, 5) is 29.2. The molecule has 3 aromatic rings. The molecule has 0 aliphatic rings. The lowest BCUT2D eigenvalue weighted by Crippen LogP contribution is -2.22. The number of nitrogens with zero attached hydrogens (tertiary/aromatic N) is 2. The Kier molecular flexibility index (Phi) is 5.86. The number of hydrogen-bond donors (Lipinski definition) is 0. The smallest absolute Gasteiger partial charge is 0.325 e. The van der Waals surface area contributed by atoms with Gasteiger partial charge in [0.15, 0.2) is 4.80 Å². The van der Waals surface area contributed by atoms with Gasteiger partial charge in [0.1, 0.15) is 6.54 Å². The predicted octanol–water partition coefficient (Wildman–Crippen LogP) is 3.55. The molecule has 140 valence electrons. The summed E-state index contributed by atoms with van der Waals surface area (Å²) in [6.07, 6.45) is 0.970. The van der Waals surface area contributed by atoms with Crippen LogP contribution in [0.5, 0.6) is 0 Å². The minimum absolute atomic E-state index is 0.0329. The Hall–Kier alpha value is -2.73. The Labute approximate surface area is 161 Å². The van der Waals surface area contributed by atoms with E-state index >= 15 is 0 Å². The van der Waals surface area contributed by atoms with Crippen LogP contribution in [-0.4, -0.2) is 23.6 Å². The molecular formula is C21H22N2O3S. The monoisotopic (exact) mass is 382 g/mol. The topological polar surface area (TPSA) is 60.7 Å². The van der Waals surface area contributed by atoms with Gasteiger partial charge in [0.2, 0.25) is 5.91 Å². The van der Waals surface area contributed by atoms with Crippen LogP contribution in [0.15, 0.2) is 47.5 Å². The largest absolute Gasteiger partial charge is 0.468 e. The molecule has 3 rings (SSSR count). The summed E-state index contributed by atoms with van der Waals surface area (Å²) in [5.41, 5.74) is 4.20. The van der Waals surface area contributed by atoms with Gasteiger partial charge in [-0.25, -0.2) is 0 Å². The van der Waals surface area contributed by atoms with Crippen LogP contribution >= 0.6 is 11.3 Å². The molecule has 0 fully saturated rings. The molecule has 6 heteroatoms. The number of amides is 1. The number of esters is 1. The quantitative estimate of drug-likeness (QED) is 0.634. The van der Waals surface area contributed by atoms with Crippen molar-refractivity contribution in [2.45, 2.75) is 33.2 Å². The lowest BCUT2D eigenvalue weighted by atomic mass is 10.1. The van der Waals surface area contributed by atoms with Gasteiger partial charge < -0.3 is 9.30 Å². The minimum atomic E-state index is -0.368. The van der Waals surface area contributed by atoms with Crippen molar-refractivity contribution in [3.8, 4) is 0 Å². The van der Waals surface area contributed by atoms with Gasteiger partial charge >= 0.3 is 5.97 Å². The highest BCUT2D eigenvalue weighted by atomic mass is 32.1. The van der Waals surface area contributed by atoms with Crippen LogP contribution in [-0.2, 0) is 27.3 Å². The summed E-state index contributed by atoms with van der Waals surface area (Å²) in [7, 11) is 1.36. The number of hydrogen-bond acceptors (Lipinski definition) is 4. The predicted molar refractivity (Wildman–Crippen MR) is 107 cm³/mol. The van der Waals surface area contributed by atoms with Crippen LogP contribution in [0.4, 0.5) is 0 Å². The van der Waals surface area contributed by atoms with E-state index in [1.54, 1.807) is 4.57 Å². The molecule has 0 unspecified atom stereocenters. The first kappa shape index (κ1) is 19.0. The fraction of sp³-hybridized carbons (Fsp3) is 0.286. The second-order valence-corrected chi connectivity index (χ2v) is 7.48. The Morgan fingerprint density at radius 3 is 2.59 bits per heavy atom. The Morgan fingerprint density at radius 2 is 1.89 bits per heavy atom. The Balaban J connectivity index is 1.97. The standard InChI is InChI=1S/C21H22N2O3S/c1-14-11-15(2)20-17(12-14)27-21(23(20)13-19(25)26-3)22-18(24)10-9-16-7-5-4-6-8-16/h4-8,11-12H,9-10,13H2,1-3H3. The zero-order chi connectivity index (χ0) is 19.4. The average molecular weight is 382 g/mol. The molecule has 1 aromatic heterocycles. The third-order valence-corrected chi connectivity index (χ3v) is 5.34. The first-order valence-corrected chi connectivity index (χ1v) is 9.58. The molecule has 0 radical (unpaired) electrons. The Morgan fingerprint density at radius 1 is 1.15 bits per heavy atom. The summed E-state index contributed by atoms with van der Waals surface area (Å²) in [5, 5.41) is 0. The molecule has 0 bridgehead atoms. The van der Waals surface area contributed by atoms with Gasteiger partial charge in [0, 0.05) is 6.42 Å². The molecular weight excluding hydrogens is 360 g/mol. The number of aryl methyl sites for hydroxylation is 3. The lowest BCUT2D eigenvalue weighted by Gasteiger charge is -2.06. The second kappa shape index (κ2) is 8.31. The summed E-state index contributed by atoms with van der Waals surface area (Å²) in [5.74, 6) is -0.564. The minimum Gasteiger partial charge on any atom is -0.468 e. The number of thiazole rings is 1. The maximum atomic E-state index is 12.4. The van der Waals surface area contributed by atoms with Crippen molar-refractivity contribution in [1.29, 1.82) is 0 Å². The van der Waals surface area contributed by atoms with Crippen molar-refractivity contribution in [3.05, 3.63) is 64.0 Å². The molecule has 2 aromatic carbocycles. The highest BCUT2D eigenvalue weighted by molar-refractivity contribution is 7.16. The van der Waals surface area contributed by atoms with Gasteiger partial charge in [-0.05, 0) is 43.0 Å². The third-order valence-electron chi connectivity index (χ3n) is 4.32. The number of benzene rings is 2. The molecule has 5 nitrogen and oxygen atoms in total. The van der Waals surface area contributed by atoms with E-state index in [0.29, 0.717) is 17.6 Å². The van der Waals surface area contributed by atoms with Crippen LogP contribution in [0, 0.1) is 13.8 Å². The number of carbonyl (C=O) groups excluding carboxylic acids is 2. The zero-order valence-electron chi connectivity index (χ0n) is 15.7. The number of fused-ring (bicyclic) bond motifs is 1. The second-order valence-electron chi connectivity index (χ2n) is 6.47. The van der Waals surface area contributed by atoms with Gasteiger partial charge in [0.25, 0.3) is 0 Å². The van der Waals surface area contributed by atoms with E-state index in [9.17, 15) is 9.59 Å². The van der Waals surface area contributed by atoms with E-state index < -0.39 is 0 Å². The van der Waals surface area contributed by atoms with Gasteiger partial charge in [-0.15, -0.1) is 0 Å². The molecule has 0 N–H and O–H groups in total. The molecule has 1 heterocycles. The van der Waals surface area contributed by atoms with E-state index in [0.717, 1.165) is 26.9 Å². The van der Waals surface area contributed by atoms with E-state index in [2.05, 4.69) is 11.1 Å². The fourth-order valence-corrected chi connectivity index (χ4v) is 4.30. The first-order valence-electron chi connectivity index (χ1n) is 8.77. The van der Waals surface area contributed by atoms with Gasteiger partial charge in [-0.1, -0.05) is 47.7 Å². The first-order chi connectivity index (χ1) is 13.0. The number of methoxy groups -OCH3 is 1. The summed E-state index contributed by atoms with van der Waals surface area (Å²) in [6.45, 7) is 4.06. The van der Waals surface area contributed by atoms with E-state index in [-0.39, 0.29) is 18.4 Å². The molecule has 0 aliphatic heterocycles. The van der Waals surface area contributed by atoms with Crippen molar-refractivity contribution in [2.75, 3.05) is 7.11 Å². The van der Waals surface area contributed by atoms with Crippen LogP contribution in [0.25, 0.3) is 10.2 Å². The zero-order valence-corrected chi connectivity index (χ0v) is 16.5. The maximum Gasteiger partial charge on any atom is 0.325 e. The van der Waals surface area contributed by atoms with Crippen molar-refractivity contribution < 1.29 is 14.3 Å². The number of ether oxygens (including phenoxy) is 1. The lowest BCUT2D eigenvalue weighted by molar-refractivity contribution is -0.141. The number of aromatic nitrogens is 1. The SMILES string of the molecule is COC(=O)Cn1c(=NC(=O)CCc2ccccc2)sc2cc(C)cc(C)c21. The molecule has 0 spiro atoms. The van der Waals surface area contributed by atoms with Crippen molar-refractivity contribution in [2.24, 2.45) is 4.99 Å². The Bertz CT molecular complexity index is 1050. The molecule has 0 saturated heterocycles. The molecule has 0 aliphatic carbocycles. The normalized spacial score (nSPS) is 11.7. The average Bonchev–Trinajstić information content (AvgIpc) is 2.97. The van der Waals surface area contributed by atoms with E-state index in [4.69, 9.17) is 4.74 Å². The van der Waals surface area contributed by atoms with Crippen molar-refractivity contribution in [3.63, 3.8) is 0 Å². The van der Waals surface area contributed by atoms with Gasteiger partial charge in [-0.2, -0.15) is 4.99 Å². The number of carbonyl (C=O) groups is 2. The van der Waals surface area contributed by atoms with Gasteiger partial charge in [-0.3, -0.25) is 9.59 Å². The summed E-state index contributed by atoms with van der Waals surface area (Å²) < 4.78 is 7.60. The summed E-state index contributed by atoms with van der Waals surface area (Å²) in [6, 6.07) is 14.0. The van der Waals surface area contributed by atoms with Crippen molar-refractivity contribution >= 4 is 33.4 Å². The van der Waals surface area contributed by atoms with E-state index in [1.807, 2.05) is 50.2 Å². The van der Waals surface area contributed by atoms with Crippen LogP contribution in [0.2, 0.25) is 0 Å². The molecule has 1 amide bonds. The van der Waals surface area contributed by atoms with Gasteiger partial charge in [0.05, 0.1) is 17.3 Å². The van der Waals surface area contributed by atoms with Crippen LogP contribution < -0.4 is 4.80 Å². The van der Waals surface area contributed by atoms with E-state index in [1.165, 1.54) is 18.4 Å². The van der Waals surface area contributed by atoms with Crippen LogP contribution in [0.3, 0.4) is 0 Å². The highest BCUT2D eigenvalue weighted by Crippen LogP contribution is 2.23. The summed E-state index contributed by atoms with van der Waals surface area (Å²) >= 11 is 1.42.